The molecule has 2 amide bonds. The van der Waals surface area contributed by atoms with E-state index in [2.05, 4.69) is 10.6 Å². The molecule has 0 bridgehead atoms. The summed E-state index contributed by atoms with van der Waals surface area (Å²) in [5.74, 6) is -0.188. The topological polar surface area (TPSA) is 70.7 Å². The lowest BCUT2D eigenvalue weighted by atomic mass is 10.3. The fraction of sp³-hybridized carbons (Fsp3) is 0.222. The molecule has 2 aromatic rings. The number of carbonyl (C=O) groups excluding carboxylic acids is 2. The number of hydrogen-bond acceptors (Lipinski definition) is 4. The molecule has 0 aliphatic heterocycles. The van der Waals surface area contributed by atoms with Crippen LogP contribution in [-0.4, -0.2) is 44.0 Å². The molecule has 0 unspecified atom stereocenters. The van der Waals surface area contributed by atoms with Gasteiger partial charge < -0.3 is 15.4 Å². The minimum atomic E-state index is -0.370. The lowest BCUT2D eigenvalue weighted by Gasteiger charge is -2.16. The van der Waals surface area contributed by atoms with Gasteiger partial charge in [-0.15, -0.1) is 0 Å². The first-order valence-corrected chi connectivity index (χ1v) is 7.64. The number of halogens is 1. The van der Waals surface area contributed by atoms with E-state index >= 15 is 0 Å². The van der Waals surface area contributed by atoms with E-state index in [1.54, 1.807) is 43.3 Å². The van der Waals surface area contributed by atoms with Crippen LogP contribution in [0.3, 0.4) is 0 Å². The second-order valence-corrected chi connectivity index (χ2v) is 5.50. The van der Waals surface area contributed by atoms with Crippen LogP contribution in [0.5, 0.6) is 5.75 Å². The Labute approximate surface area is 145 Å². The van der Waals surface area contributed by atoms with Crippen LogP contribution in [0, 0.1) is 5.82 Å². The molecular weight excluding hydrogens is 325 g/mol. The van der Waals surface area contributed by atoms with Crippen molar-refractivity contribution in [3.05, 3.63) is 54.3 Å². The zero-order valence-corrected chi connectivity index (χ0v) is 14.1. The van der Waals surface area contributed by atoms with Crippen LogP contribution in [0.4, 0.5) is 15.8 Å². The molecule has 0 fully saturated rings. The molecule has 0 saturated carbocycles. The Hall–Kier alpha value is -2.93. The standard InChI is InChI=1S/C18H20FN3O3/c1-22(11-17(23)20-14-5-3-13(19)4-6-14)12-18(24)21-15-7-9-16(25-2)10-8-15/h3-10H,11-12H2,1-2H3,(H,20,23)(H,21,24). The van der Waals surface area contributed by atoms with Crippen molar-refractivity contribution in [2.24, 2.45) is 0 Å². The number of hydrogen-bond donors (Lipinski definition) is 2. The van der Waals surface area contributed by atoms with Crippen molar-refractivity contribution in [1.29, 1.82) is 0 Å². The van der Waals surface area contributed by atoms with Crippen LogP contribution in [0.25, 0.3) is 0 Å². The van der Waals surface area contributed by atoms with Crippen molar-refractivity contribution in [2.45, 2.75) is 0 Å². The fourth-order valence-corrected chi connectivity index (χ4v) is 2.15. The summed E-state index contributed by atoms with van der Waals surface area (Å²) in [6, 6.07) is 12.4. The summed E-state index contributed by atoms with van der Waals surface area (Å²) in [5, 5.41) is 5.39. The molecule has 0 radical (unpaired) electrons. The third-order valence-electron chi connectivity index (χ3n) is 3.33. The normalized spacial score (nSPS) is 10.4. The van der Waals surface area contributed by atoms with E-state index in [9.17, 15) is 14.0 Å². The van der Waals surface area contributed by atoms with Crippen molar-refractivity contribution in [2.75, 3.05) is 37.9 Å². The predicted molar refractivity (Wildman–Crippen MR) is 94.2 cm³/mol. The molecule has 0 aromatic heterocycles. The van der Waals surface area contributed by atoms with Gasteiger partial charge in [0.25, 0.3) is 0 Å². The quantitative estimate of drug-likeness (QED) is 0.808. The Balaban J connectivity index is 1.77. The summed E-state index contributed by atoms with van der Waals surface area (Å²) in [6.45, 7) is 0.0935. The number of benzene rings is 2. The minimum Gasteiger partial charge on any atom is -0.497 e. The highest BCUT2D eigenvalue weighted by Gasteiger charge is 2.11. The Kier molecular flexibility index (Phi) is 6.47. The van der Waals surface area contributed by atoms with E-state index in [0.717, 1.165) is 0 Å². The Bertz CT molecular complexity index is 717. The highest BCUT2D eigenvalue weighted by molar-refractivity contribution is 5.94. The third kappa shape index (κ3) is 6.23. The van der Waals surface area contributed by atoms with Gasteiger partial charge in [-0.25, -0.2) is 4.39 Å². The van der Waals surface area contributed by atoms with Gasteiger partial charge >= 0.3 is 0 Å². The number of nitrogens with zero attached hydrogens (tertiary/aromatic N) is 1. The minimum absolute atomic E-state index is 0.0351. The molecule has 0 aliphatic carbocycles. The largest absolute Gasteiger partial charge is 0.497 e. The average molecular weight is 345 g/mol. The number of anilines is 2. The predicted octanol–water partition coefficient (Wildman–Crippen LogP) is 2.34. The van der Waals surface area contributed by atoms with Gasteiger partial charge in [-0.2, -0.15) is 0 Å². The maximum Gasteiger partial charge on any atom is 0.238 e. The van der Waals surface area contributed by atoms with Crippen LogP contribution >= 0.6 is 0 Å². The van der Waals surface area contributed by atoms with Crippen LogP contribution < -0.4 is 15.4 Å². The number of methoxy groups -OCH3 is 1. The Morgan fingerprint density at radius 3 is 1.80 bits per heavy atom. The van der Waals surface area contributed by atoms with Gasteiger partial charge in [0.15, 0.2) is 0 Å². The first-order valence-electron chi connectivity index (χ1n) is 7.64. The molecule has 132 valence electrons. The summed E-state index contributed by atoms with van der Waals surface area (Å²) in [5.41, 5.74) is 1.15. The maximum atomic E-state index is 12.8. The molecule has 2 N–H and O–H groups in total. The van der Waals surface area contributed by atoms with Gasteiger partial charge in [0.05, 0.1) is 20.2 Å². The maximum absolute atomic E-state index is 12.8. The van der Waals surface area contributed by atoms with Crippen molar-refractivity contribution < 1.29 is 18.7 Å². The molecule has 2 aromatic carbocycles. The van der Waals surface area contributed by atoms with E-state index < -0.39 is 0 Å². The van der Waals surface area contributed by atoms with Crippen LogP contribution in [0.2, 0.25) is 0 Å². The monoisotopic (exact) mass is 345 g/mol. The first-order chi connectivity index (χ1) is 12.0. The number of nitrogens with one attached hydrogen (secondary N) is 2. The second-order valence-electron chi connectivity index (χ2n) is 5.50. The van der Waals surface area contributed by atoms with E-state index in [0.29, 0.717) is 17.1 Å². The van der Waals surface area contributed by atoms with E-state index in [-0.39, 0.29) is 30.7 Å². The molecule has 2 rings (SSSR count). The van der Waals surface area contributed by atoms with Crippen LogP contribution in [0.15, 0.2) is 48.5 Å². The number of likely N-dealkylation sites (N-methyl/N-ethyl adjacent to an activating group) is 1. The first kappa shape index (κ1) is 18.4. The number of ether oxygens (including phenoxy) is 1. The summed E-state index contributed by atoms with van der Waals surface area (Å²) in [7, 11) is 3.23. The molecular formula is C18H20FN3O3. The molecule has 0 spiro atoms. The van der Waals surface area contributed by atoms with E-state index in [4.69, 9.17) is 4.74 Å². The van der Waals surface area contributed by atoms with Gasteiger partial charge in [-0.05, 0) is 55.6 Å². The summed E-state index contributed by atoms with van der Waals surface area (Å²) in [4.78, 5) is 25.5. The Morgan fingerprint density at radius 2 is 1.36 bits per heavy atom. The van der Waals surface area contributed by atoms with Crippen molar-refractivity contribution in [3.8, 4) is 5.75 Å². The van der Waals surface area contributed by atoms with E-state index in [1.807, 2.05) is 0 Å². The third-order valence-corrected chi connectivity index (χ3v) is 3.33. The van der Waals surface area contributed by atoms with Gasteiger partial charge in [-0.3, -0.25) is 14.5 Å². The molecule has 0 heterocycles. The Morgan fingerprint density at radius 1 is 0.920 bits per heavy atom. The zero-order valence-electron chi connectivity index (χ0n) is 14.1. The lowest BCUT2D eigenvalue weighted by molar-refractivity contribution is -0.119. The molecule has 25 heavy (non-hydrogen) atoms. The van der Waals surface area contributed by atoms with Gasteiger partial charge in [0, 0.05) is 11.4 Å². The molecule has 6 nitrogen and oxygen atoms in total. The molecule has 7 heteroatoms. The zero-order chi connectivity index (χ0) is 18.2. The van der Waals surface area contributed by atoms with Crippen molar-refractivity contribution >= 4 is 23.2 Å². The highest BCUT2D eigenvalue weighted by atomic mass is 19.1. The molecule has 0 atom stereocenters. The van der Waals surface area contributed by atoms with Gasteiger partial charge in [-0.1, -0.05) is 0 Å². The lowest BCUT2D eigenvalue weighted by Crippen LogP contribution is -2.36. The smallest absolute Gasteiger partial charge is 0.238 e. The van der Waals surface area contributed by atoms with Gasteiger partial charge in [0.2, 0.25) is 11.8 Å². The fourth-order valence-electron chi connectivity index (χ4n) is 2.15. The molecule has 0 aliphatic rings. The number of rotatable bonds is 7. The molecule has 0 saturated heterocycles. The highest BCUT2D eigenvalue weighted by Crippen LogP contribution is 2.14. The van der Waals surface area contributed by atoms with E-state index in [1.165, 1.54) is 24.3 Å². The second kappa shape index (κ2) is 8.79. The SMILES string of the molecule is COc1ccc(NC(=O)CN(C)CC(=O)Nc2ccc(F)cc2)cc1. The van der Waals surface area contributed by atoms with Crippen LogP contribution in [-0.2, 0) is 9.59 Å². The van der Waals surface area contributed by atoms with Crippen LogP contribution in [0.1, 0.15) is 0 Å². The van der Waals surface area contributed by atoms with Gasteiger partial charge in [0.1, 0.15) is 11.6 Å². The summed E-state index contributed by atoms with van der Waals surface area (Å²) < 4.78 is 17.9. The summed E-state index contributed by atoms with van der Waals surface area (Å²) in [6.07, 6.45) is 0. The van der Waals surface area contributed by atoms with Crippen molar-refractivity contribution in [3.63, 3.8) is 0 Å². The average Bonchev–Trinajstić information content (AvgIpc) is 2.57. The number of amides is 2. The van der Waals surface area contributed by atoms with Crippen molar-refractivity contribution in [1.82, 2.24) is 4.90 Å². The number of carbonyl (C=O) groups is 2. The summed E-state index contributed by atoms with van der Waals surface area (Å²) >= 11 is 0.